The van der Waals surface area contributed by atoms with Crippen molar-refractivity contribution < 1.29 is 9.90 Å². The number of hydrogen-bond acceptors (Lipinski definition) is 3. The van der Waals surface area contributed by atoms with Crippen molar-refractivity contribution in [2.24, 2.45) is 0 Å². The van der Waals surface area contributed by atoms with Crippen LogP contribution < -0.4 is 5.32 Å². The van der Waals surface area contributed by atoms with Crippen LogP contribution in [-0.2, 0) is 4.79 Å². The number of rotatable bonds is 6. The highest BCUT2D eigenvalue weighted by Gasteiger charge is 2.11. The zero-order chi connectivity index (χ0) is 11.1. The third kappa shape index (κ3) is 4.44. The van der Waals surface area contributed by atoms with Crippen molar-refractivity contribution in [2.75, 3.05) is 5.32 Å². The van der Waals surface area contributed by atoms with Crippen molar-refractivity contribution in [3.05, 3.63) is 24.4 Å². The van der Waals surface area contributed by atoms with Gasteiger partial charge in [-0.2, -0.15) is 0 Å². The molecule has 1 rings (SSSR count). The smallest absolute Gasteiger partial charge is 0.305 e. The predicted octanol–water partition coefficient (Wildman–Crippen LogP) is 2.14. The molecule has 0 unspecified atom stereocenters. The third-order valence-corrected chi connectivity index (χ3v) is 2.08. The number of hydrogen-bond donors (Lipinski definition) is 2. The van der Waals surface area contributed by atoms with Gasteiger partial charge in [-0.3, -0.25) is 4.79 Å². The van der Waals surface area contributed by atoms with E-state index >= 15 is 0 Å². The van der Waals surface area contributed by atoms with Gasteiger partial charge in [0.2, 0.25) is 0 Å². The molecule has 0 spiro atoms. The van der Waals surface area contributed by atoms with Crippen molar-refractivity contribution in [1.29, 1.82) is 0 Å². The van der Waals surface area contributed by atoms with Crippen LogP contribution in [0.5, 0.6) is 0 Å². The number of nitrogens with one attached hydrogen (secondary N) is 1. The molecular weight excluding hydrogens is 192 g/mol. The molecule has 0 aliphatic heterocycles. The third-order valence-electron chi connectivity index (χ3n) is 2.08. The van der Waals surface area contributed by atoms with E-state index in [2.05, 4.69) is 10.3 Å². The van der Waals surface area contributed by atoms with Crippen LogP contribution in [0.15, 0.2) is 24.4 Å². The van der Waals surface area contributed by atoms with E-state index in [4.69, 9.17) is 5.11 Å². The van der Waals surface area contributed by atoms with E-state index in [0.717, 1.165) is 18.7 Å². The fourth-order valence-electron chi connectivity index (χ4n) is 1.44. The van der Waals surface area contributed by atoms with E-state index in [9.17, 15) is 4.79 Å². The molecule has 1 heterocycles. The maximum atomic E-state index is 10.6. The van der Waals surface area contributed by atoms with Crippen LogP contribution >= 0.6 is 0 Å². The van der Waals surface area contributed by atoms with Gasteiger partial charge >= 0.3 is 5.97 Å². The summed E-state index contributed by atoms with van der Waals surface area (Å²) in [5.74, 6) is -0.0471. The van der Waals surface area contributed by atoms with E-state index in [1.165, 1.54) is 0 Å². The lowest BCUT2D eigenvalue weighted by Crippen LogP contribution is -2.23. The summed E-state index contributed by atoms with van der Waals surface area (Å²) in [5.41, 5.74) is 0. The van der Waals surface area contributed by atoms with Gasteiger partial charge in [-0.25, -0.2) is 4.98 Å². The fraction of sp³-hybridized carbons (Fsp3) is 0.455. The highest BCUT2D eigenvalue weighted by atomic mass is 16.4. The van der Waals surface area contributed by atoms with Crippen LogP contribution in [0.3, 0.4) is 0 Å². The Kier molecular flexibility index (Phi) is 4.60. The van der Waals surface area contributed by atoms with Gasteiger partial charge in [0.05, 0.1) is 6.42 Å². The fourth-order valence-corrected chi connectivity index (χ4v) is 1.44. The highest BCUT2D eigenvalue weighted by molar-refractivity contribution is 5.68. The van der Waals surface area contributed by atoms with Crippen LogP contribution in [0.1, 0.15) is 26.2 Å². The SMILES string of the molecule is CCC[C@H](CC(=O)O)Nc1ccccn1. The van der Waals surface area contributed by atoms with Crippen LogP contribution in [0, 0.1) is 0 Å². The number of anilines is 1. The first kappa shape index (κ1) is 11.5. The van der Waals surface area contributed by atoms with Crippen molar-refractivity contribution in [2.45, 2.75) is 32.2 Å². The molecule has 1 atom stereocenters. The summed E-state index contributed by atoms with van der Waals surface area (Å²) in [6, 6.07) is 5.50. The summed E-state index contributed by atoms with van der Waals surface area (Å²) >= 11 is 0. The summed E-state index contributed by atoms with van der Waals surface area (Å²) in [6.07, 6.45) is 3.61. The summed E-state index contributed by atoms with van der Waals surface area (Å²) < 4.78 is 0. The average molecular weight is 208 g/mol. The Morgan fingerprint density at radius 1 is 1.60 bits per heavy atom. The summed E-state index contributed by atoms with van der Waals surface area (Å²) in [6.45, 7) is 2.04. The first-order valence-corrected chi connectivity index (χ1v) is 5.11. The lowest BCUT2D eigenvalue weighted by molar-refractivity contribution is -0.137. The van der Waals surface area contributed by atoms with Crippen molar-refractivity contribution in [3.8, 4) is 0 Å². The molecule has 0 bridgehead atoms. The zero-order valence-corrected chi connectivity index (χ0v) is 8.81. The van der Waals surface area contributed by atoms with Crippen LogP contribution in [-0.4, -0.2) is 22.1 Å². The molecule has 4 heteroatoms. The molecule has 4 nitrogen and oxygen atoms in total. The first-order valence-electron chi connectivity index (χ1n) is 5.11. The Balaban J connectivity index is 2.54. The maximum absolute atomic E-state index is 10.6. The second-order valence-electron chi connectivity index (χ2n) is 3.44. The van der Waals surface area contributed by atoms with Gasteiger partial charge in [0, 0.05) is 12.2 Å². The molecule has 0 radical (unpaired) electrons. The summed E-state index contributed by atoms with van der Waals surface area (Å²) in [4.78, 5) is 14.7. The molecule has 0 aliphatic carbocycles. The molecule has 82 valence electrons. The zero-order valence-electron chi connectivity index (χ0n) is 8.81. The molecule has 0 saturated heterocycles. The highest BCUT2D eigenvalue weighted by Crippen LogP contribution is 2.09. The molecule has 0 amide bonds. The number of pyridine rings is 1. The second kappa shape index (κ2) is 6.01. The number of carbonyl (C=O) groups is 1. The van der Waals surface area contributed by atoms with Crippen molar-refractivity contribution in [1.82, 2.24) is 4.98 Å². The van der Waals surface area contributed by atoms with Crippen LogP contribution in [0.25, 0.3) is 0 Å². The van der Waals surface area contributed by atoms with Crippen molar-refractivity contribution >= 4 is 11.8 Å². The monoisotopic (exact) mass is 208 g/mol. The van der Waals surface area contributed by atoms with Gasteiger partial charge in [-0.05, 0) is 18.6 Å². The molecular formula is C11H16N2O2. The minimum Gasteiger partial charge on any atom is -0.481 e. The molecule has 0 aliphatic rings. The summed E-state index contributed by atoms with van der Waals surface area (Å²) in [5, 5.41) is 11.8. The van der Waals surface area contributed by atoms with Gasteiger partial charge in [0.25, 0.3) is 0 Å². The normalized spacial score (nSPS) is 12.1. The molecule has 0 fully saturated rings. The molecule has 15 heavy (non-hydrogen) atoms. The number of aromatic nitrogens is 1. The predicted molar refractivity (Wildman–Crippen MR) is 58.8 cm³/mol. The minimum atomic E-state index is -0.781. The molecule has 0 aromatic carbocycles. The van der Waals surface area contributed by atoms with Gasteiger partial charge < -0.3 is 10.4 Å². The lowest BCUT2D eigenvalue weighted by atomic mass is 10.1. The van der Waals surface area contributed by atoms with Gasteiger partial charge in [0.1, 0.15) is 5.82 Å². The van der Waals surface area contributed by atoms with Crippen LogP contribution in [0.4, 0.5) is 5.82 Å². The molecule has 1 aromatic rings. The Bertz CT molecular complexity index is 301. The number of carboxylic acid groups (broad SMARTS) is 1. The Labute approximate surface area is 89.3 Å². The quantitative estimate of drug-likeness (QED) is 0.751. The maximum Gasteiger partial charge on any atom is 0.305 e. The Morgan fingerprint density at radius 2 is 2.40 bits per heavy atom. The Hall–Kier alpha value is -1.58. The largest absolute Gasteiger partial charge is 0.481 e. The number of nitrogens with zero attached hydrogens (tertiary/aromatic N) is 1. The van der Waals surface area contributed by atoms with Crippen molar-refractivity contribution in [3.63, 3.8) is 0 Å². The second-order valence-corrected chi connectivity index (χ2v) is 3.44. The first-order chi connectivity index (χ1) is 7.22. The Morgan fingerprint density at radius 3 is 2.93 bits per heavy atom. The number of carboxylic acids is 1. The van der Waals surface area contributed by atoms with Gasteiger partial charge in [-0.15, -0.1) is 0 Å². The van der Waals surface area contributed by atoms with E-state index in [-0.39, 0.29) is 12.5 Å². The molecule has 1 aromatic heterocycles. The van der Waals surface area contributed by atoms with Gasteiger partial charge in [-0.1, -0.05) is 19.4 Å². The summed E-state index contributed by atoms with van der Waals surface area (Å²) in [7, 11) is 0. The standard InChI is InChI=1S/C11H16N2O2/c1-2-5-9(8-11(14)15)13-10-6-3-4-7-12-10/h3-4,6-7,9H,2,5,8H2,1H3,(H,12,13)(H,14,15)/t9-/m1/s1. The lowest BCUT2D eigenvalue weighted by Gasteiger charge is -2.16. The number of aliphatic carboxylic acids is 1. The minimum absolute atomic E-state index is 0.0394. The topological polar surface area (TPSA) is 62.2 Å². The van der Waals surface area contributed by atoms with E-state index in [1.807, 2.05) is 25.1 Å². The van der Waals surface area contributed by atoms with Gasteiger partial charge in [0.15, 0.2) is 0 Å². The van der Waals surface area contributed by atoms with E-state index in [1.54, 1.807) is 6.20 Å². The van der Waals surface area contributed by atoms with E-state index < -0.39 is 5.97 Å². The van der Waals surface area contributed by atoms with E-state index in [0.29, 0.717) is 0 Å². The van der Waals surface area contributed by atoms with Crippen LogP contribution in [0.2, 0.25) is 0 Å². The average Bonchev–Trinajstić information content (AvgIpc) is 2.18. The molecule has 0 saturated carbocycles. The molecule has 2 N–H and O–H groups in total.